The van der Waals surface area contributed by atoms with Crippen LogP contribution in [-0.2, 0) is 11.2 Å². The molecule has 6 nitrogen and oxygen atoms in total. The maximum Gasteiger partial charge on any atom is 0.287 e. The van der Waals surface area contributed by atoms with E-state index in [2.05, 4.69) is 22.9 Å². The van der Waals surface area contributed by atoms with Crippen LogP contribution < -0.4 is 16.0 Å². The molecule has 7 heteroatoms. The Hall–Kier alpha value is -2.31. The lowest BCUT2D eigenvalue weighted by Gasteiger charge is -2.31. The fourth-order valence-corrected chi connectivity index (χ4v) is 3.16. The fraction of sp³-hybridized carbons (Fsp3) is 0.400. The standard InChI is InChI=1S/C20H25N3O3.ClH/c1-14-9-10-21-13-17(14)23-19(24)16(12-15-6-3-2-4-7-15)22-20(25)18-8-5-11-26-18;/h2-8,11,14,16-17,21H,9-10,12-13H2,1H3,(H,22,25)(H,23,24);1H. The highest BCUT2D eigenvalue weighted by atomic mass is 35.5. The Kier molecular flexibility index (Phi) is 7.88. The molecule has 2 heterocycles. The van der Waals surface area contributed by atoms with Gasteiger partial charge in [0.05, 0.1) is 6.26 Å². The van der Waals surface area contributed by atoms with Crippen LogP contribution in [0.4, 0.5) is 0 Å². The molecule has 2 amide bonds. The summed E-state index contributed by atoms with van der Waals surface area (Å²) in [6.07, 6.45) is 2.89. The maximum absolute atomic E-state index is 12.9. The summed E-state index contributed by atoms with van der Waals surface area (Å²) in [4.78, 5) is 25.3. The van der Waals surface area contributed by atoms with E-state index in [1.807, 2.05) is 30.3 Å². The van der Waals surface area contributed by atoms with E-state index in [9.17, 15) is 9.59 Å². The molecule has 0 saturated carbocycles. The average molecular weight is 392 g/mol. The molecule has 0 radical (unpaired) electrons. The van der Waals surface area contributed by atoms with Crippen molar-refractivity contribution >= 4 is 24.2 Å². The van der Waals surface area contributed by atoms with E-state index in [1.54, 1.807) is 12.1 Å². The highest BCUT2D eigenvalue weighted by Gasteiger charge is 2.28. The summed E-state index contributed by atoms with van der Waals surface area (Å²) >= 11 is 0. The molecule has 3 N–H and O–H groups in total. The molecule has 0 aliphatic carbocycles. The van der Waals surface area contributed by atoms with Crippen LogP contribution in [0.5, 0.6) is 0 Å². The van der Waals surface area contributed by atoms with E-state index in [4.69, 9.17) is 4.42 Å². The minimum Gasteiger partial charge on any atom is -0.459 e. The summed E-state index contributed by atoms with van der Waals surface area (Å²) in [6, 6.07) is 12.3. The number of amides is 2. The highest BCUT2D eigenvalue weighted by molar-refractivity contribution is 5.95. The van der Waals surface area contributed by atoms with Gasteiger partial charge in [0.15, 0.2) is 5.76 Å². The molecule has 1 aliphatic rings. The number of rotatable bonds is 6. The van der Waals surface area contributed by atoms with Gasteiger partial charge >= 0.3 is 0 Å². The molecule has 3 unspecified atom stereocenters. The molecule has 2 aromatic rings. The Labute approximate surface area is 165 Å². The molecule has 3 rings (SSSR count). The van der Waals surface area contributed by atoms with Gasteiger partial charge in [-0.05, 0) is 36.6 Å². The number of halogens is 1. The first-order chi connectivity index (χ1) is 12.6. The number of piperidine rings is 1. The van der Waals surface area contributed by atoms with Gasteiger partial charge in [-0.3, -0.25) is 9.59 Å². The first-order valence-electron chi connectivity index (χ1n) is 9.03. The van der Waals surface area contributed by atoms with Gasteiger partial charge in [0.1, 0.15) is 6.04 Å². The molecular weight excluding hydrogens is 366 g/mol. The lowest BCUT2D eigenvalue weighted by Crippen LogP contribution is -2.56. The van der Waals surface area contributed by atoms with Crippen molar-refractivity contribution in [1.82, 2.24) is 16.0 Å². The monoisotopic (exact) mass is 391 g/mol. The zero-order valence-corrected chi connectivity index (χ0v) is 16.1. The van der Waals surface area contributed by atoms with Gasteiger partial charge in [-0.2, -0.15) is 0 Å². The van der Waals surface area contributed by atoms with E-state index < -0.39 is 6.04 Å². The summed E-state index contributed by atoms with van der Waals surface area (Å²) in [5.74, 6) is 0.0390. The van der Waals surface area contributed by atoms with Gasteiger partial charge < -0.3 is 20.4 Å². The average Bonchev–Trinajstić information content (AvgIpc) is 3.19. The van der Waals surface area contributed by atoms with Crippen molar-refractivity contribution in [3.8, 4) is 0 Å². The van der Waals surface area contributed by atoms with Crippen LogP contribution in [0.15, 0.2) is 53.1 Å². The van der Waals surface area contributed by atoms with Crippen molar-refractivity contribution in [2.45, 2.75) is 31.8 Å². The van der Waals surface area contributed by atoms with E-state index in [-0.39, 0.29) is 36.0 Å². The Balaban J connectivity index is 0.00000261. The van der Waals surface area contributed by atoms with E-state index in [0.717, 1.165) is 25.1 Å². The third-order valence-electron chi connectivity index (χ3n) is 4.80. The molecule has 0 spiro atoms. The fourth-order valence-electron chi connectivity index (χ4n) is 3.16. The molecule has 1 aliphatic heterocycles. The SMILES string of the molecule is CC1CCNCC1NC(=O)C(Cc1ccccc1)NC(=O)c1ccco1.Cl. The third kappa shape index (κ3) is 5.84. The van der Waals surface area contributed by atoms with Crippen LogP contribution in [0.3, 0.4) is 0 Å². The van der Waals surface area contributed by atoms with E-state index >= 15 is 0 Å². The van der Waals surface area contributed by atoms with Gasteiger partial charge in [-0.1, -0.05) is 37.3 Å². The van der Waals surface area contributed by atoms with Crippen molar-refractivity contribution in [2.75, 3.05) is 13.1 Å². The topological polar surface area (TPSA) is 83.4 Å². The van der Waals surface area contributed by atoms with Gasteiger partial charge in [-0.15, -0.1) is 12.4 Å². The van der Waals surface area contributed by atoms with Crippen molar-refractivity contribution in [3.05, 3.63) is 60.1 Å². The summed E-state index contributed by atoms with van der Waals surface area (Å²) in [5, 5.41) is 9.21. The number of hydrogen-bond acceptors (Lipinski definition) is 4. The number of carbonyl (C=O) groups is 2. The Morgan fingerprint density at radius 2 is 2.00 bits per heavy atom. The Morgan fingerprint density at radius 1 is 1.22 bits per heavy atom. The molecule has 1 aromatic carbocycles. The normalized spacial score (nSPS) is 20.2. The van der Waals surface area contributed by atoms with Crippen LogP contribution in [0.25, 0.3) is 0 Å². The predicted octanol–water partition coefficient (Wildman–Crippen LogP) is 2.16. The summed E-state index contributed by atoms with van der Waals surface area (Å²) in [7, 11) is 0. The molecular formula is C20H26ClN3O3. The second-order valence-electron chi connectivity index (χ2n) is 6.78. The molecule has 0 bridgehead atoms. The first kappa shape index (κ1) is 21.0. The smallest absolute Gasteiger partial charge is 0.287 e. The number of carbonyl (C=O) groups excluding carboxylic acids is 2. The molecule has 27 heavy (non-hydrogen) atoms. The Morgan fingerprint density at radius 3 is 2.67 bits per heavy atom. The van der Waals surface area contributed by atoms with Crippen LogP contribution >= 0.6 is 12.4 Å². The van der Waals surface area contributed by atoms with Crippen LogP contribution in [0, 0.1) is 5.92 Å². The van der Waals surface area contributed by atoms with Gasteiger partial charge in [0.25, 0.3) is 5.91 Å². The second-order valence-corrected chi connectivity index (χ2v) is 6.78. The van der Waals surface area contributed by atoms with Crippen LogP contribution in [0.2, 0.25) is 0 Å². The molecule has 1 saturated heterocycles. The third-order valence-corrected chi connectivity index (χ3v) is 4.80. The minimum absolute atomic E-state index is 0. The number of benzene rings is 1. The minimum atomic E-state index is -0.663. The van der Waals surface area contributed by atoms with Crippen LogP contribution in [-0.4, -0.2) is 37.0 Å². The number of furan rings is 1. The first-order valence-corrected chi connectivity index (χ1v) is 9.03. The maximum atomic E-state index is 12.9. The van der Waals surface area contributed by atoms with Crippen molar-refractivity contribution in [2.24, 2.45) is 5.92 Å². The second kappa shape index (κ2) is 10.1. The van der Waals surface area contributed by atoms with Gasteiger partial charge in [-0.25, -0.2) is 0 Å². The lowest BCUT2D eigenvalue weighted by atomic mass is 9.94. The molecule has 3 atom stereocenters. The summed E-state index contributed by atoms with van der Waals surface area (Å²) in [5.41, 5.74) is 0.988. The molecule has 1 aromatic heterocycles. The Bertz CT molecular complexity index is 721. The van der Waals surface area contributed by atoms with Gasteiger partial charge in [0, 0.05) is 19.0 Å². The van der Waals surface area contributed by atoms with Crippen molar-refractivity contribution in [3.63, 3.8) is 0 Å². The molecule has 1 fully saturated rings. The zero-order chi connectivity index (χ0) is 18.4. The predicted molar refractivity (Wildman–Crippen MR) is 106 cm³/mol. The van der Waals surface area contributed by atoms with Gasteiger partial charge in [0.2, 0.25) is 5.91 Å². The zero-order valence-electron chi connectivity index (χ0n) is 15.3. The number of nitrogens with one attached hydrogen (secondary N) is 3. The summed E-state index contributed by atoms with van der Waals surface area (Å²) < 4.78 is 5.14. The number of hydrogen-bond donors (Lipinski definition) is 3. The summed E-state index contributed by atoms with van der Waals surface area (Å²) in [6.45, 7) is 3.85. The van der Waals surface area contributed by atoms with Crippen LogP contribution in [0.1, 0.15) is 29.5 Å². The van der Waals surface area contributed by atoms with E-state index in [1.165, 1.54) is 6.26 Å². The quantitative estimate of drug-likeness (QED) is 0.704. The van der Waals surface area contributed by atoms with E-state index in [0.29, 0.717) is 12.3 Å². The van der Waals surface area contributed by atoms with Crippen molar-refractivity contribution < 1.29 is 14.0 Å². The van der Waals surface area contributed by atoms with Crippen molar-refractivity contribution in [1.29, 1.82) is 0 Å². The highest BCUT2D eigenvalue weighted by Crippen LogP contribution is 2.12. The molecule has 146 valence electrons. The lowest BCUT2D eigenvalue weighted by molar-refractivity contribution is -0.124. The largest absolute Gasteiger partial charge is 0.459 e.